The highest BCUT2D eigenvalue weighted by Crippen LogP contribution is 2.34. The Morgan fingerprint density at radius 3 is 2.19 bits per heavy atom. The van der Waals surface area contributed by atoms with Crippen LogP contribution in [0.2, 0.25) is 0 Å². The number of rotatable bonds is 4. The molecule has 0 fully saturated rings. The number of nitrogens with two attached hydrogens (primary N) is 1. The fraction of sp³-hybridized carbons (Fsp3) is 0.238. The van der Waals surface area contributed by atoms with Crippen LogP contribution in [0.25, 0.3) is 11.3 Å². The zero-order valence-corrected chi connectivity index (χ0v) is 16.5. The fourth-order valence-electron chi connectivity index (χ4n) is 3.46. The summed E-state index contributed by atoms with van der Waals surface area (Å²) in [5.74, 6) is -1.26. The molecule has 3 N–H and O–H groups in total. The van der Waals surface area contributed by atoms with Crippen molar-refractivity contribution in [3.05, 3.63) is 66.0 Å². The van der Waals surface area contributed by atoms with Crippen LogP contribution in [0.3, 0.4) is 0 Å². The van der Waals surface area contributed by atoms with E-state index in [9.17, 15) is 26.7 Å². The summed E-state index contributed by atoms with van der Waals surface area (Å²) in [6, 6.07) is 8.51. The van der Waals surface area contributed by atoms with Gasteiger partial charge in [-0.05, 0) is 48.5 Å². The monoisotopic (exact) mass is 451 g/mol. The van der Waals surface area contributed by atoms with Gasteiger partial charge in [0.15, 0.2) is 6.04 Å². The van der Waals surface area contributed by atoms with Crippen molar-refractivity contribution in [2.45, 2.75) is 25.3 Å². The maximum atomic E-state index is 13.4. The topological polar surface area (TPSA) is 76.2 Å². The molecule has 0 saturated heterocycles. The molecule has 1 amide bonds. The van der Waals surface area contributed by atoms with Crippen LogP contribution < -0.4 is 11.1 Å². The summed E-state index contributed by atoms with van der Waals surface area (Å²) in [5.41, 5.74) is 6.60. The van der Waals surface area contributed by atoms with Gasteiger partial charge in [0.25, 0.3) is 0 Å². The van der Waals surface area contributed by atoms with Crippen molar-refractivity contribution in [1.82, 2.24) is 14.5 Å². The molecule has 1 aromatic heterocycles. The summed E-state index contributed by atoms with van der Waals surface area (Å²) in [7, 11) is 0. The summed E-state index contributed by atoms with van der Waals surface area (Å²) < 4.78 is 67.1. The Kier molecular flexibility index (Phi) is 5.59. The van der Waals surface area contributed by atoms with Crippen molar-refractivity contribution in [3.8, 4) is 11.3 Å². The smallest absolute Gasteiger partial charge is 0.340 e. The molecule has 1 aliphatic heterocycles. The Balaban J connectivity index is 1.70. The van der Waals surface area contributed by atoms with Crippen LogP contribution in [-0.4, -0.2) is 39.1 Å². The predicted octanol–water partition coefficient (Wildman–Crippen LogP) is 3.80. The maximum absolute atomic E-state index is 13.4. The van der Waals surface area contributed by atoms with Crippen LogP contribution in [-0.2, 0) is 17.9 Å². The molecular formula is C21H18F5N5O. The number of alkyl halides is 3. The van der Waals surface area contributed by atoms with E-state index in [2.05, 4.69) is 10.3 Å². The van der Waals surface area contributed by atoms with E-state index in [0.717, 1.165) is 4.90 Å². The Hall–Kier alpha value is -3.47. The summed E-state index contributed by atoms with van der Waals surface area (Å²) in [4.78, 5) is 17.7. The van der Waals surface area contributed by atoms with E-state index >= 15 is 0 Å². The molecule has 2 heterocycles. The van der Waals surface area contributed by atoms with Crippen LogP contribution >= 0.6 is 0 Å². The highest BCUT2D eigenvalue weighted by atomic mass is 19.4. The first-order chi connectivity index (χ1) is 15.1. The lowest BCUT2D eigenvalue weighted by atomic mass is 10.1. The zero-order valence-electron chi connectivity index (χ0n) is 16.5. The van der Waals surface area contributed by atoms with Crippen molar-refractivity contribution in [2.75, 3.05) is 11.9 Å². The van der Waals surface area contributed by atoms with Gasteiger partial charge in [-0.3, -0.25) is 4.79 Å². The van der Waals surface area contributed by atoms with Gasteiger partial charge in [-0.2, -0.15) is 13.2 Å². The Morgan fingerprint density at radius 2 is 1.59 bits per heavy atom. The minimum Gasteiger partial charge on any atom is -0.340 e. The molecule has 4 rings (SSSR count). The van der Waals surface area contributed by atoms with Crippen LogP contribution in [0, 0.1) is 11.6 Å². The Labute approximate surface area is 179 Å². The van der Waals surface area contributed by atoms with E-state index in [1.807, 2.05) is 0 Å². The van der Waals surface area contributed by atoms with E-state index in [-0.39, 0.29) is 19.6 Å². The van der Waals surface area contributed by atoms with Crippen molar-refractivity contribution in [2.24, 2.45) is 5.73 Å². The molecule has 1 atom stereocenters. The number of aromatic nitrogens is 2. The van der Waals surface area contributed by atoms with Gasteiger partial charge in [0.1, 0.15) is 29.0 Å². The van der Waals surface area contributed by atoms with Gasteiger partial charge in [-0.15, -0.1) is 0 Å². The SMILES string of the molecule is N[C@H](C(=O)N1CCn2c(nc(-c3ccc(F)cc3)c2Nc2ccc(F)cc2)C1)C(F)(F)F. The van der Waals surface area contributed by atoms with E-state index in [0.29, 0.717) is 28.6 Å². The molecule has 6 nitrogen and oxygen atoms in total. The molecule has 0 radical (unpaired) electrons. The average Bonchev–Trinajstić information content (AvgIpc) is 3.11. The van der Waals surface area contributed by atoms with Gasteiger partial charge in [0.05, 0.1) is 6.54 Å². The predicted molar refractivity (Wildman–Crippen MR) is 107 cm³/mol. The van der Waals surface area contributed by atoms with Crippen molar-refractivity contribution >= 4 is 17.4 Å². The molecule has 0 saturated carbocycles. The molecule has 32 heavy (non-hydrogen) atoms. The summed E-state index contributed by atoms with van der Waals surface area (Å²) >= 11 is 0. The number of benzene rings is 2. The fourth-order valence-corrected chi connectivity index (χ4v) is 3.46. The second kappa shape index (κ2) is 8.23. The van der Waals surface area contributed by atoms with Crippen LogP contribution in [0.1, 0.15) is 5.82 Å². The second-order valence-corrected chi connectivity index (χ2v) is 7.29. The molecule has 0 bridgehead atoms. The normalized spacial score (nSPS) is 14.8. The molecule has 0 spiro atoms. The third-order valence-corrected chi connectivity index (χ3v) is 5.13. The minimum atomic E-state index is -4.85. The number of carbonyl (C=O) groups is 1. The summed E-state index contributed by atoms with van der Waals surface area (Å²) in [5, 5.41) is 3.14. The molecular weight excluding hydrogens is 433 g/mol. The molecule has 3 aromatic rings. The zero-order chi connectivity index (χ0) is 23.0. The molecule has 168 valence electrons. The van der Waals surface area contributed by atoms with Crippen molar-refractivity contribution in [3.63, 3.8) is 0 Å². The molecule has 0 unspecified atom stereocenters. The van der Waals surface area contributed by atoms with E-state index in [4.69, 9.17) is 5.73 Å². The molecule has 2 aromatic carbocycles. The number of halogens is 5. The molecule has 0 aliphatic carbocycles. The first-order valence-corrected chi connectivity index (χ1v) is 9.62. The highest BCUT2D eigenvalue weighted by molar-refractivity contribution is 5.83. The summed E-state index contributed by atoms with van der Waals surface area (Å²) in [6.45, 7) is -0.0296. The number of imidazole rings is 1. The number of hydrogen-bond acceptors (Lipinski definition) is 4. The van der Waals surface area contributed by atoms with E-state index in [1.165, 1.54) is 48.5 Å². The van der Waals surface area contributed by atoms with Gasteiger partial charge in [-0.25, -0.2) is 13.8 Å². The Morgan fingerprint density at radius 1 is 1.00 bits per heavy atom. The first kappa shape index (κ1) is 21.8. The van der Waals surface area contributed by atoms with Gasteiger partial charge in [0, 0.05) is 24.3 Å². The lowest BCUT2D eigenvalue weighted by Gasteiger charge is -2.31. The van der Waals surface area contributed by atoms with Crippen molar-refractivity contribution < 1.29 is 26.7 Å². The largest absolute Gasteiger partial charge is 0.412 e. The standard InChI is InChI=1S/C21H18F5N5O/c22-13-3-1-12(2-4-13)17-19(28-15-7-5-14(23)6-8-15)31-10-9-30(11-16(31)29-17)20(32)18(27)21(24,25)26/h1-8,18,28H,9-11,27H2/t18-/m1/s1. The number of hydrogen-bond donors (Lipinski definition) is 2. The number of nitrogens with zero attached hydrogens (tertiary/aromatic N) is 3. The third-order valence-electron chi connectivity index (χ3n) is 5.13. The molecule has 1 aliphatic rings. The van der Waals surface area contributed by atoms with Gasteiger partial charge >= 0.3 is 6.18 Å². The second-order valence-electron chi connectivity index (χ2n) is 7.29. The van der Waals surface area contributed by atoms with Crippen LogP contribution in [0.15, 0.2) is 48.5 Å². The highest BCUT2D eigenvalue weighted by Gasteiger charge is 2.44. The number of nitrogens with one attached hydrogen (secondary N) is 1. The quantitative estimate of drug-likeness (QED) is 0.592. The van der Waals surface area contributed by atoms with E-state index < -0.39 is 29.8 Å². The van der Waals surface area contributed by atoms with Crippen LogP contribution in [0.5, 0.6) is 0 Å². The number of fused-ring (bicyclic) bond motifs is 1. The minimum absolute atomic E-state index is 0.00701. The van der Waals surface area contributed by atoms with E-state index in [1.54, 1.807) is 4.57 Å². The van der Waals surface area contributed by atoms with Crippen molar-refractivity contribution in [1.29, 1.82) is 0 Å². The number of amides is 1. The maximum Gasteiger partial charge on any atom is 0.412 e. The molecule has 11 heteroatoms. The number of carbonyl (C=O) groups excluding carboxylic acids is 1. The summed E-state index contributed by atoms with van der Waals surface area (Å²) in [6.07, 6.45) is -4.85. The van der Waals surface area contributed by atoms with Gasteiger partial charge in [-0.1, -0.05) is 0 Å². The first-order valence-electron chi connectivity index (χ1n) is 9.62. The van der Waals surface area contributed by atoms with Crippen LogP contribution in [0.4, 0.5) is 33.5 Å². The third kappa shape index (κ3) is 4.28. The Bertz CT molecular complexity index is 1130. The lowest BCUT2D eigenvalue weighted by molar-refractivity contribution is -0.171. The van der Waals surface area contributed by atoms with Gasteiger partial charge in [0.2, 0.25) is 5.91 Å². The number of anilines is 2. The lowest BCUT2D eigenvalue weighted by Crippen LogP contribution is -2.53. The van der Waals surface area contributed by atoms with Gasteiger partial charge < -0.3 is 20.5 Å². The average molecular weight is 451 g/mol.